The van der Waals surface area contributed by atoms with E-state index in [9.17, 15) is 0 Å². The lowest BCUT2D eigenvalue weighted by Gasteiger charge is -2.23. The summed E-state index contributed by atoms with van der Waals surface area (Å²) in [5.41, 5.74) is 3.34. The summed E-state index contributed by atoms with van der Waals surface area (Å²) in [5, 5.41) is 0. The normalized spacial score (nSPS) is 11.8. The Kier molecular flexibility index (Phi) is 5.95. The van der Waals surface area contributed by atoms with Gasteiger partial charge in [-0.1, -0.05) is 86.1 Å². The molecule has 17 heavy (non-hydrogen) atoms. The molecular weight excluding hydrogens is 204 g/mol. The minimum absolute atomic E-state index is 0.260. The first-order chi connectivity index (χ1) is 7.62. The molecule has 1 aromatic carbocycles. The summed E-state index contributed by atoms with van der Waals surface area (Å²) >= 11 is 0. The predicted molar refractivity (Wildman–Crippen MR) is 79.8 cm³/mol. The van der Waals surface area contributed by atoms with Crippen LogP contribution in [0.25, 0.3) is 0 Å². The Morgan fingerprint density at radius 3 is 0.941 bits per heavy atom. The number of benzene rings is 1. The molecule has 0 nitrogen and oxygen atoms in total. The first kappa shape index (κ1) is 16.2. The molecule has 0 saturated carbocycles. The largest absolute Gasteiger partial charge is 0.0656 e. The number of hydrogen-bond acceptors (Lipinski definition) is 0. The van der Waals surface area contributed by atoms with E-state index in [-0.39, 0.29) is 10.8 Å². The molecule has 0 radical (unpaired) electrons. The molecule has 0 aromatic heterocycles. The Hall–Kier alpha value is -0.780. The van der Waals surface area contributed by atoms with Crippen molar-refractivity contribution in [3.8, 4) is 0 Å². The van der Waals surface area contributed by atoms with E-state index >= 15 is 0 Å². The molecule has 0 atom stereocenters. The highest BCUT2D eigenvalue weighted by Crippen LogP contribution is 2.26. The second-order valence-corrected chi connectivity index (χ2v) is 6.78. The van der Waals surface area contributed by atoms with Gasteiger partial charge in [-0.15, -0.1) is 0 Å². The van der Waals surface area contributed by atoms with Crippen LogP contribution in [0.5, 0.6) is 0 Å². The average molecular weight is 234 g/mol. The first-order valence-electron chi connectivity index (χ1n) is 6.74. The van der Waals surface area contributed by atoms with Crippen LogP contribution in [0, 0.1) is 0 Å². The van der Waals surface area contributed by atoms with Gasteiger partial charge in [-0.25, -0.2) is 0 Å². The quantitative estimate of drug-likeness (QED) is 0.540. The molecule has 1 rings (SSSR count). The number of hydrogen-bond donors (Lipinski definition) is 0. The molecule has 98 valence electrons. The van der Waals surface area contributed by atoms with E-state index in [4.69, 9.17) is 0 Å². The fraction of sp³-hybridized carbons (Fsp3) is 0.647. The SMILES string of the molecule is CC(C)(C)c1ccc(C(C)(C)C)cc1.CCC. The van der Waals surface area contributed by atoms with E-state index in [1.807, 2.05) is 0 Å². The molecule has 0 heterocycles. The maximum absolute atomic E-state index is 2.25. The summed E-state index contributed by atoms with van der Waals surface area (Å²) < 4.78 is 0. The Morgan fingerprint density at radius 2 is 0.824 bits per heavy atom. The van der Waals surface area contributed by atoms with Gasteiger partial charge in [0, 0.05) is 0 Å². The highest BCUT2D eigenvalue weighted by atomic mass is 14.2. The second-order valence-electron chi connectivity index (χ2n) is 6.78. The molecule has 0 aliphatic carbocycles. The zero-order chi connectivity index (χ0) is 13.7. The van der Waals surface area contributed by atoms with Crippen molar-refractivity contribution in [3.05, 3.63) is 35.4 Å². The molecular formula is C17H30. The molecule has 0 amide bonds. The van der Waals surface area contributed by atoms with Crippen molar-refractivity contribution >= 4 is 0 Å². The molecule has 0 bridgehead atoms. The minimum atomic E-state index is 0.260. The molecule has 0 heteroatoms. The Bertz CT molecular complexity index is 270. The van der Waals surface area contributed by atoms with Crippen LogP contribution in [0.1, 0.15) is 72.9 Å². The van der Waals surface area contributed by atoms with Crippen LogP contribution < -0.4 is 0 Å². The van der Waals surface area contributed by atoms with Crippen molar-refractivity contribution in [2.75, 3.05) is 0 Å². The average Bonchev–Trinajstić information content (AvgIpc) is 2.16. The van der Waals surface area contributed by atoms with Gasteiger partial charge in [0.15, 0.2) is 0 Å². The monoisotopic (exact) mass is 234 g/mol. The number of rotatable bonds is 0. The summed E-state index contributed by atoms with van der Waals surface area (Å²) in [7, 11) is 0. The van der Waals surface area contributed by atoms with Crippen LogP contribution in [-0.2, 0) is 10.8 Å². The zero-order valence-corrected chi connectivity index (χ0v) is 13.0. The van der Waals surface area contributed by atoms with E-state index in [2.05, 4.69) is 79.7 Å². The fourth-order valence-electron chi connectivity index (χ4n) is 1.47. The van der Waals surface area contributed by atoms with Gasteiger partial charge in [-0.2, -0.15) is 0 Å². The zero-order valence-electron chi connectivity index (χ0n) is 13.0. The van der Waals surface area contributed by atoms with E-state index in [0.29, 0.717) is 0 Å². The van der Waals surface area contributed by atoms with Gasteiger partial charge in [0.25, 0.3) is 0 Å². The highest BCUT2D eigenvalue weighted by molar-refractivity contribution is 5.30. The van der Waals surface area contributed by atoms with Crippen molar-refractivity contribution in [2.45, 2.75) is 72.6 Å². The van der Waals surface area contributed by atoms with E-state index in [1.54, 1.807) is 0 Å². The third kappa shape index (κ3) is 5.91. The summed E-state index contributed by atoms with van der Waals surface area (Å²) in [5.74, 6) is 0. The summed E-state index contributed by atoms with van der Waals surface area (Å²) in [6, 6.07) is 9.00. The van der Waals surface area contributed by atoms with Crippen LogP contribution in [0.3, 0.4) is 0 Å². The first-order valence-corrected chi connectivity index (χ1v) is 6.74. The van der Waals surface area contributed by atoms with Crippen LogP contribution in [-0.4, -0.2) is 0 Å². The van der Waals surface area contributed by atoms with Gasteiger partial charge in [0.2, 0.25) is 0 Å². The lowest BCUT2D eigenvalue weighted by atomic mass is 9.82. The molecule has 0 aliphatic rings. The Morgan fingerprint density at radius 1 is 0.647 bits per heavy atom. The molecule has 0 aliphatic heterocycles. The molecule has 1 aromatic rings. The molecule has 0 N–H and O–H groups in total. The molecule has 0 spiro atoms. The van der Waals surface area contributed by atoms with Gasteiger partial charge >= 0.3 is 0 Å². The van der Waals surface area contributed by atoms with Crippen LogP contribution in [0.2, 0.25) is 0 Å². The van der Waals surface area contributed by atoms with Crippen molar-refractivity contribution < 1.29 is 0 Å². The minimum Gasteiger partial charge on any atom is -0.0656 e. The second kappa shape index (κ2) is 6.23. The van der Waals surface area contributed by atoms with E-state index in [0.717, 1.165) is 0 Å². The van der Waals surface area contributed by atoms with Crippen LogP contribution in [0.15, 0.2) is 24.3 Å². The molecule has 0 unspecified atom stereocenters. The van der Waals surface area contributed by atoms with Crippen LogP contribution in [0.4, 0.5) is 0 Å². The van der Waals surface area contributed by atoms with E-state index < -0.39 is 0 Å². The lowest BCUT2D eigenvalue weighted by Crippen LogP contribution is -2.14. The van der Waals surface area contributed by atoms with Crippen molar-refractivity contribution in [1.29, 1.82) is 0 Å². The molecule has 0 saturated heterocycles. The standard InChI is InChI=1S/C14H22.C3H8/c1-13(2,3)11-7-9-12(10-8-11)14(4,5)6;1-3-2/h7-10H,1-6H3;3H2,1-2H3. The highest BCUT2D eigenvalue weighted by Gasteiger charge is 2.16. The van der Waals surface area contributed by atoms with E-state index in [1.165, 1.54) is 17.5 Å². The van der Waals surface area contributed by atoms with Gasteiger partial charge in [0.1, 0.15) is 0 Å². The van der Waals surface area contributed by atoms with Gasteiger partial charge in [-0.3, -0.25) is 0 Å². The third-order valence-corrected chi connectivity index (χ3v) is 2.62. The van der Waals surface area contributed by atoms with Crippen LogP contribution >= 0.6 is 0 Å². The maximum Gasteiger partial charge on any atom is -0.0132 e. The van der Waals surface area contributed by atoms with Gasteiger partial charge in [-0.05, 0) is 22.0 Å². The van der Waals surface area contributed by atoms with Gasteiger partial charge in [0.05, 0.1) is 0 Å². The van der Waals surface area contributed by atoms with Gasteiger partial charge < -0.3 is 0 Å². The van der Waals surface area contributed by atoms with Crippen molar-refractivity contribution in [3.63, 3.8) is 0 Å². The Labute approximate surface area is 108 Å². The predicted octanol–water partition coefficient (Wildman–Crippen LogP) is 5.70. The summed E-state index contributed by atoms with van der Waals surface area (Å²) in [4.78, 5) is 0. The summed E-state index contributed by atoms with van der Waals surface area (Å²) in [6.45, 7) is 17.7. The lowest BCUT2D eigenvalue weighted by molar-refractivity contribution is 0.577. The smallest absolute Gasteiger partial charge is 0.0132 e. The maximum atomic E-state index is 2.25. The van der Waals surface area contributed by atoms with Crippen molar-refractivity contribution in [1.82, 2.24) is 0 Å². The van der Waals surface area contributed by atoms with Crippen molar-refractivity contribution in [2.24, 2.45) is 0 Å². The topological polar surface area (TPSA) is 0 Å². The fourth-order valence-corrected chi connectivity index (χ4v) is 1.47. The molecule has 0 fully saturated rings. The third-order valence-electron chi connectivity index (χ3n) is 2.62. The Balaban J connectivity index is 0.000000770. The summed E-state index contributed by atoms with van der Waals surface area (Å²) in [6.07, 6.45) is 1.25.